The molecule has 17 nitrogen and oxygen atoms in total. The molecule has 0 saturated heterocycles. The lowest BCUT2D eigenvalue weighted by Gasteiger charge is -2.21. The van der Waals surface area contributed by atoms with Crippen molar-refractivity contribution in [2.75, 3.05) is 39.6 Å². The number of phosphoric ester groups is 2. The van der Waals surface area contributed by atoms with Crippen molar-refractivity contribution in [3.05, 3.63) is 60.8 Å². The second-order valence-corrected chi connectivity index (χ2v) is 29.5. The summed E-state index contributed by atoms with van der Waals surface area (Å²) in [6, 6.07) is 0. The van der Waals surface area contributed by atoms with E-state index < -0.39 is 97.5 Å². The zero-order chi connectivity index (χ0) is 71.8. The van der Waals surface area contributed by atoms with Crippen molar-refractivity contribution in [2.24, 2.45) is 0 Å². The third kappa shape index (κ3) is 71.2. The van der Waals surface area contributed by atoms with Gasteiger partial charge < -0.3 is 33.8 Å². The van der Waals surface area contributed by atoms with Crippen molar-refractivity contribution < 1.29 is 80.2 Å². The number of aliphatic hydroxyl groups excluding tert-OH is 1. The van der Waals surface area contributed by atoms with Crippen LogP contribution in [0.15, 0.2) is 60.8 Å². The normalized spacial score (nSPS) is 14.2. The molecule has 2 unspecified atom stereocenters. The van der Waals surface area contributed by atoms with E-state index in [1.54, 1.807) is 0 Å². The number of hydrogen-bond donors (Lipinski definition) is 3. The van der Waals surface area contributed by atoms with E-state index in [1.807, 2.05) is 0 Å². The van der Waals surface area contributed by atoms with Gasteiger partial charge in [0.15, 0.2) is 12.2 Å². The van der Waals surface area contributed by atoms with Gasteiger partial charge in [-0.1, -0.05) is 262 Å². The van der Waals surface area contributed by atoms with Crippen LogP contribution >= 0.6 is 15.6 Å². The number of hydrogen-bond acceptors (Lipinski definition) is 15. The molecule has 0 amide bonds. The summed E-state index contributed by atoms with van der Waals surface area (Å²) in [4.78, 5) is 72.9. The molecule has 0 aromatic rings. The Kier molecular flexibility index (Phi) is 69.7. The molecule has 572 valence electrons. The van der Waals surface area contributed by atoms with Gasteiger partial charge in [0, 0.05) is 25.7 Å². The largest absolute Gasteiger partial charge is 0.472 e. The van der Waals surface area contributed by atoms with Gasteiger partial charge in [-0.25, -0.2) is 9.13 Å². The van der Waals surface area contributed by atoms with Crippen LogP contribution in [0.1, 0.15) is 362 Å². The number of unbranched alkanes of at least 4 members (excludes halogenated alkanes) is 39. The van der Waals surface area contributed by atoms with Crippen molar-refractivity contribution in [2.45, 2.75) is 380 Å². The standard InChI is InChI=1S/C79H144O17P2/c1-5-9-13-17-21-25-29-33-36-40-44-48-52-56-60-64-77(82)90-70-75(96-79(84)66-62-58-54-50-46-42-38-35-31-27-23-19-15-11-7-3)72-94-98(87,88)92-68-73(80)67-91-97(85,86)93-71-74(69-89-76(81)63-59-55-51-47-43-39-32-28-24-20-16-12-8-4)95-78(83)65-61-57-53-49-45-41-37-34-30-26-22-18-14-10-6-2/h21,25,27-28,31-34,36-37,73-75,80H,5-20,22-24,26,29-30,35,38-72H2,1-4H3,(H,85,86)(H,87,88)/b25-21-,31-27-,32-28-,36-33-,37-34-/t73-,74+,75+/m0/s1. The maximum Gasteiger partial charge on any atom is 0.472 e. The summed E-state index contributed by atoms with van der Waals surface area (Å²) in [6.07, 6.45) is 70.5. The van der Waals surface area contributed by atoms with Gasteiger partial charge in [0.25, 0.3) is 0 Å². The molecule has 0 saturated carbocycles. The van der Waals surface area contributed by atoms with Gasteiger partial charge in [-0.05, 0) is 135 Å². The lowest BCUT2D eigenvalue weighted by molar-refractivity contribution is -0.161. The minimum absolute atomic E-state index is 0.0874. The Hall–Kier alpha value is -3.24. The lowest BCUT2D eigenvalue weighted by Crippen LogP contribution is -2.30. The van der Waals surface area contributed by atoms with Gasteiger partial charge in [-0.15, -0.1) is 0 Å². The van der Waals surface area contributed by atoms with Crippen LogP contribution in [0.2, 0.25) is 0 Å². The fourth-order valence-electron chi connectivity index (χ4n) is 10.8. The predicted molar refractivity (Wildman–Crippen MR) is 400 cm³/mol. The fourth-order valence-corrected chi connectivity index (χ4v) is 12.4. The Morgan fingerprint density at radius 2 is 0.500 bits per heavy atom. The first-order valence-electron chi connectivity index (χ1n) is 39.5. The first-order chi connectivity index (χ1) is 47.7. The van der Waals surface area contributed by atoms with Crippen LogP contribution in [0.5, 0.6) is 0 Å². The highest BCUT2D eigenvalue weighted by molar-refractivity contribution is 7.47. The summed E-state index contributed by atoms with van der Waals surface area (Å²) in [5.74, 6) is -2.18. The molecule has 19 heteroatoms. The third-order valence-corrected chi connectivity index (χ3v) is 18.8. The number of carbonyl (C=O) groups excluding carboxylic acids is 4. The molecule has 5 atom stereocenters. The molecule has 0 rings (SSSR count). The molecule has 0 aliphatic rings. The van der Waals surface area contributed by atoms with Crippen LogP contribution in [0.3, 0.4) is 0 Å². The van der Waals surface area contributed by atoms with Gasteiger partial charge in [0.1, 0.15) is 19.3 Å². The highest BCUT2D eigenvalue weighted by Gasteiger charge is 2.30. The molecule has 0 aliphatic carbocycles. The van der Waals surface area contributed by atoms with Gasteiger partial charge in [-0.2, -0.15) is 0 Å². The van der Waals surface area contributed by atoms with E-state index in [1.165, 1.54) is 109 Å². The van der Waals surface area contributed by atoms with Crippen LogP contribution in [0.4, 0.5) is 0 Å². The monoisotopic (exact) mass is 1430 g/mol. The van der Waals surface area contributed by atoms with Gasteiger partial charge in [-0.3, -0.25) is 37.3 Å². The number of rotatable bonds is 75. The summed E-state index contributed by atoms with van der Waals surface area (Å²) in [6.45, 7) is 4.84. The second-order valence-electron chi connectivity index (χ2n) is 26.6. The van der Waals surface area contributed by atoms with Crippen molar-refractivity contribution in [3.8, 4) is 0 Å². The highest BCUT2D eigenvalue weighted by atomic mass is 31.2. The number of aliphatic hydroxyl groups is 1. The quantitative estimate of drug-likeness (QED) is 0.0169. The van der Waals surface area contributed by atoms with E-state index in [0.29, 0.717) is 25.7 Å². The van der Waals surface area contributed by atoms with E-state index >= 15 is 0 Å². The Bertz CT molecular complexity index is 2100. The second kappa shape index (κ2) is 72.1. The number of phosphoric acid groups is 2. The average molecular weight is 1430 g/mol. The van der Waals surface area contributed by atoms with E-state index in [-0.39, 0.29) is 25.7 Å². The zero-order valence-electron chi connectivity index (χ0n) is 62.5. The Morgan fingerprint density at radius 1 is 0.286 bits per heavy atom. The molecule has 0 radical (unpaired) electrons. The number of ether oxygens (including phenoxy) is 4. The summed E-state index contributed by atoms with van der Waals surface area (Å²) in [7, 11) is -9.95. The highest BCUT2D eigenvalue weighted by Crippen LogP contribution is 2.45. The molecule has 0 bridgehead atoms. The van der Waals surface area contributed by atoms with Gasteiger partial charge >= 0.3 is 39.5 Å². The summed E-state index contributed by atoms with van der Waals surface area (Å²) in [5.41, 5.74) is 0. The fraction of sp³-hybridized carbons (Fsp3) is 0.823. The molecule has 0 aromatic heterocycles. The van der Waals surface area contributed by atoms with E-state index in [9.17, 15) is 43.2 Å². The van der Waals surface area contributed by atoms with Crippen LogP contribution in [-0.4, -0.2) is 96.7 Å². The molecule has 0 spiro atoms. The predicted octanol–water partition coefficient (Wildman–Crippen LogP) is 22.7. The van der Waals surface area contributed by atoms with Crippen molar-refractivity contribution in [3.63, 3.8) is 0 Å². The van der Waals surface area contributed by atoms with Gasteiger partial charge in [0.2, 0.25) is 0 Å². The molecule has 3 N–H and O–H groups in total. The van der Waals surface area contributed by atoms with Crippen LogP contribution in [0, 0.1) is 0 Å². The molecule has 0 heterocycles. The first-order valence-corrected chi connectivity index (χ1v) is 42.5. The van der Waals surface area contributed by atoms with Crippen molar-refractivity contribution in [1.82, 2.24) is 0 Å². The molecule has 0 fully saturated rings. The average Bonchev–Trinajstić information content (AvgIpc) is 1.04. The molecule has 98 heavy (non-hydrogen) atoms. The SMILES string of the molecule is CCCCC/C=C\C/C=C\CCCCCCCC(=O)OC[C@H](COP(=O)(O)OC[C@@H](O)COP(=O)(O)OC[C@@H](COC(=O)CCCCCCC/C=C\CCCCCC)OC(=O)CCCCCCC/C=C\CCCCCCCC)OC(=O)CCCCCCCCC/C=C\CCCCCC. The summed E-state index contributed by atoms with van der Waals surface area (Å²) in [5, 5.41) is 10.6. The van der Waals surface area contributed by atoms with E-state index in [4.69, 9.17) is 37.0 Å². The van der Waals surface area contributed by atoms with Crippen molar-refractivity contribution >= 4 is 39.5 Å². The third-order valence-electron chi connectivity index (χ3n) is 16.9. The Morgan fingerprint density at radius 3 is 0.796 bits per heavy atom. The molecular weight excluding hydrogens is 1280 g/mol. The molecular formula is C79H144O17P2. The number of carbonyl (C=O) groups is 4. The Balaban J connectivity index is 5.35. The van der Waals surface area contributed by atoms with Crippen molar-refractivity contribution in [1.29, 1.82) is 0 Å². The van der Waals surface area contributed by atoms with E-state index in [0.717, 1.165) is 173 Å². The molecule has 0 aromatic carbocycles. The van der Waals surface area contributed by atoms with Crippen LogP contribution in [-0.2, 0) is 65.4 Å². The zero-order valence-corrected chi connectivity index (χ0v) is 64.3. The maximum absolute atomic E-state index is 13.1. The van der Waals surface area contributed by atoms with Gasteiger partial charge in [0.05, 0.1) is 26.4 Å². The maximum atomic E-state index is 13.1. The van der Waals surface area contributed by atoms with Crippen LogP contribution < -0.4 is 0 Å². The minimum atomic E-state index is -4.97. The molecule has 0 aliphatic heterocycles. The first kappa shape index (κ1) is 94.8. The Labute approximate surface area is 597 Å². The lowest BCUT2D eigenvalue weighted by atomic mass is 10.1. The number of esters is 4. The van der Waals surface area contributed by atoms with E-state index in [2.05, 4.69) is 88.5 Å². The number of allylic oxidation sites excluding steroid dienone is 10. The minimum Gasteiger partial charge on any atom is -0.462 e. The van der Waals surface area contributed by atoms with Crippen LogP contribution in [0.25, 0.3) is 0 Å². The smallest absolute Gasteiger partial charge is 0.462 e. The summed E-state index contributed by atoms with van der Waals surface area (Å²) < 4.78 is 68.5. The summed E-state index contributed by atoms with van der Waals surface area (Å²) >= 11 is 0. The topological polar surface area (TPSA) is 237 Å².